The molecule has 1 amide bonds. The predicted molar refractivity (Wildman–Crippen MR) is 61.3 cm³/mol. The van der Waals surface area contributed by atoms with Gasteiger partial charge in [-0.2, -0.15) is 0 Å². The van der Waals surface area contributed by atoms with E-state index in [-0.39, 0.29) is 29.8 Å². The van der Waals surface area contributed by atoms with Gasteiger partial charge in [0, 0.05) is 23.8 Å². The Morgan fingerprint density at radius 1 is 1.59 bits per heavy atom. The van der Waals surface area contributed by atoms with Crippen LogP contribution in [0.4, 0.5) is 0 Å². The van der Waals surface area contributed by atoms with E-state index < -0.39 is 0 Å². The molecule has 0 spiro atoms. The summed E-state index contributed by atoms with van der Waals surface area (Å²) < 4.78 is 5.30. The highest BCUT2D eigenvalue weighted by atomic mass is 16.3. The largest absolute Gasteiger partial charge is 0.469 e. The number of furan rings is 1. The molecular weight excluding hydrogens is 218 g/mol. The van der Waals surface area contributed by atoms with Crippen LogP contribution in [0, 0.1) is 11.3 Å². The second kappa shape index (κ2) is 3.88. The van der Waals surface area contributed by atoms with Gasteiger partial charge in [0.05, 0.1) is 12.9 Å². The summed E-state index contributed by atoms with van der Waals surface area (Å²) in [4.78, 5) is 11.9. The van der Waals surface area contributed by atoms with Crippen molar-refractivity contribution in [3.8, 4) is 0 Å². The molecule has 2 aliphatic rings. The van der Waals surface area contributed by atoms with Crippen molar-refractivity contribution in [1.82, 2.24) is 5.32 Å². The highest BCUT2D eigenvalue weighted by Crippen LogP contribution is 2.48. The van der Waals surface area contributed by atoms with Gasteiger partial charge in [0.15, 0.2) is 0 Å². The lowest BCUT2D eigenvalue weighted by molar-refractivity contribution is -0.122. The molecule has 3 rings (SSSR count). The zero-order valence-corrected chi connectivity index (χ0v) is 9.69. The van der Waals surface area contributed by atoms with Crippen LogP contribution in [0.1, 0.15) is 30.9 Å². The fraction of sp³-hybridized carbons (Fsp3) is 0.615. The van der Waals surface area contributed by atoms with Crippen molar-refractivity contribution in [2.75, 3.05) is 13.2 Å². The lowest BCUT2D eigenvalue weighted by Gasteiger charge is -2.12. The fourth-order valence-electron chi connectivity index (χ4n) is 2.27. The van der Waals surface area contributed by atoms with E-state index >= 15 is 0 Å². The Balaban J connectivity index is 1.49. The Morgan fingerprint density at radius 2 is 2.41 bits per heavy atom. The molecule has 2 fully saturated rings. The Hall–Kier alpha value is -1.29. The van der Waals surface area contributed by atoms with Crippen molar-refractivity contribution < 1.29 is 14.3 Å². The number of rotatable bonds is 5. The summed E-state index contributed by atoms with van der Waals surface area (Å²) in [5, 5.41) is 12.1. The normalized spacial score (nSPS) is 28.8. The quantitative estimate of drug-likeness (QED) is 0.808. The van der Waals surface area contributed by atoms with Gasteiger partial charge < -0.3 is 14.8 Å². The minimum absolute atomic E-state index is 0.00920. The summed E-state index contributed by atoms with van der Waals surface area (Å²) >= 11 is 0. The van der Waals surface area contributed by atoms with Crippen LogP contribution in [0.5, 0.6) is 0 Å². The van der Waals surface area contributed by atoms with E-state index in [1.54, 1.807) is 6.26 Å². The molecule has 2 saturated carbocycles. The highest BCUT2D eigenvalue weighted by molar-refractivity contribution is 5.82. The Bertz CT molecular complexity index is 408. The third kappa shape index (κ3) is 2.09. The molecule has 1 aromatic heterocycles. The fourth-order valence-corrected chi connectivity index (χ4v) is 2.27. The van der Waals surface area contributed by atoms with Gasteiger partial charge in [0.1, 0.15) is 5.76 Å². The Kier molecular flexibility index (Phi) is 2.47. The molecule has 0 bridgehead atoms. The first-order valence-electron chi connectivity index (χ1n) is 6.16. The van der Waals surface area contributed by atoms with Crippen molar-refractivity contribution in [3.63, 3.8) is 0 Å². The maximum Gasteiger partial charge on any atom is 0.223 e. The van der Waals surface area contributed by atoms with Gasteiger partial charge in [-0.15, -0.1) is 0 Å². The van der Waals surface area contributed by atoms with E-state index in [0.717, 1.165) is 25.0 Å². The van der Waals surface area contributed by atoms with E-state index in [1.807, 2.05) is 12.1 Å². The number of nitrogens with one attached hydrogen (secondary N) is 1. The summed E-state index contributed by atoms with van der Waals surface area (Å²) in [6.45, 7) is 0.795. The van der Waals surface area contributed by atoms with Gasteiger partial charge in [0.25, 0.3) is 0 Å². The minimum Gasteiger partial charge on any atom is -0.469 e. The van der Waals surface area contributed by atoms with Gasteiger partial charge in [0.2, 0.25) is 5.91 Å². The molecule has 4 heteroatoms. The Labute approximate surface area is 100 Å². The van der Waals surface area contributed by atoms with Gasteiger partial charge in [-0.1, -0.05) is 0 Å². The van der Waals surface area contributed by atoms with Crippen molar-refractivity contribution in [1.29, 1.82) is 0 Å². The SMILES string of the molecule is O=C(NCC1(CO)CC1)C1CC1c1ccco1. The van der Waals surface area contributed by atoms with Crippen LogP contribution in [-0.2, 0) is 4.79 Å². The molecule has 4 nitrogen and oxygen atoms in total. The van der Waals surface area contributed by atoms with E-state index in [0.29, 0.717) is 6.54 Å². The average molecular weight is 235 g/mol. The van der Waals surface area contributed by atoms with Gasteiger partial charge in [-0.05, 0) is 31.4 Å². The van der Waals surface area contributed by atoms with Gasteiger partial charge in [-0.3, -0.25) is 4.79 Å². The summed E-state index contributed by atoms with van der Waals surface area (Å²) in [6.07, 6.45) is 4.57. The first-order valence-corrected chi connectivity index (χ1v) is 6.16. The molecule has 2 unspecified atom stereocenters. The first-order chi connectivity index (χ1) is 8.24. The second-order valence-corrected chi connectivity index (χ2v) is 5.34. The zero-order chi connectivity index (χ0) is 11.9. The van der Waals surface area contributed by atoms with Crippen LogP contribution < -0.4 is 5.32 Å². The van der Waals surface area contributed by atoms with E-state index in [4.69, 9.17) is 9.52 Å². The van der Waals surface area contributed by atoms with Crippen LogP contribution >= 0.6 is 0 Å². The summed E-state index contributed by atoms with van der Waals surface area (Å²) in [7, 11) is 0. The molecule has 2 N–H and O–H groups in total. The number of hydrogen-bond donors (Lipinski definition) is 2. The highest BCUT2D eigenvalue weighted by Gasteiger charge is 2.47. The monoisotopic (exact) mass is 235 g/mol. The summed E-state index contributed by atoms with van der Waals surface area (Å²) in [5.74, 6) is 1.34. The maximum absolute atomic E-state index is 11.9. The van der Waals surface area contributed by atoms with Gasteiger partial charge in [-0.25, -0.2) is 0 Å². The number of carbonyl (C=O) groups is 1. The number of carbonyl (C=O) groups excluding carboxylic acids is 1. The molecule has 0 aromatic carbocycles. The van der Waals surface area contributed by atoms with Crippen LogP contribution in [0.25, 0.3) is 0 Å². The van der Waals surface area contributed by atoms with Crippen LogP contribution in [0.15, 0.2) is 22.8 Å². The molecule has 17 heavy (non-hydrogen) atoms. The number of aliphatic hydroxyl groups is 1. The van der Waals surface area contributed by atoms with E-state index in [2.05, 4.69) is 5.32 Å². The zero-order valence-electron chi connectivity index (χ0n) is 9.69. The van der Waals surface area contributed by atoms with Crippen molar-refractivity contribution in [2.45, 2.75) is 25.2 Å². The van der Waals surface area contributed by atoms with Crippen molar-refractivity contribution in [3.05, 3.63) is 24.2 Å². The second-order valence-electron chi connectivity index (χ2n) is 5.34. The summed E-state index contributed by atoms with van der Waals surface area (Å²) in [5.41, 5.74) is -0.00920. The van der Waals surface area contributed by atoms with Crippen LogP contribution in [-0.4, -0.2) is 24.2 Å². The van der Waals surface area contributed by atoms with Crippen LogP contribution in [0.3, 0.4) is 0 Å². The number of aliphatic hydroxyl groups excluding tert-OH is 1. The van der Waals surface area contributed by atoms with Gasteiger partial charge >= 0.3 is 0 Å². The first kappa shape index (κ1) is 10.8. The molecular formula is C13H17NO3. The Morgan fingerprint density at radius 3 is 3.00 bits per heavy atom. The van der Waals surface area contributed by atoms with Crippen LogP contribution in [0.2, 0.25) is 0 Å². The third-order valence-electron chi connectivity index (χ3n) is 3.97. The lowest BCUT2D eigenvalue weighted by atomic mass is 10.1. The predicted octanol–water partition coefficient (Wildman–Crippen LogP) is 1.27. The minimum atomic E-state index is -0.00920. The topological polar surface area (TPSA) is 62.5 Å². The molecule has 2 aliphatic carbocycles. The maximum atomic E-state index is 11.9. The molecule has 92 valence electrons. The molecule has 2 atom stereocenters. The molecule has 1 aromatic rings. The van der Waals surface area contributed by atoms with E-state index in [9.17, 15) is 4.79 Å². The molecule has 0 radical (unpaired) electrons. The lowest BCUT2D eigenvalue weighted by Crippen LogP contribution is -2.33. The molecule has 0 saturated heterocycles. The summed E-state index contributed by atoms with van der Waals surface area (Å²) in [6, 6.07) is 3.78. The van der Waals surface area contributed by atoms with E-state index in [1.165, 1.54) is 0 Å². The smallest absolute Gasteiger partial charge is 0.223 e. The third-order valence-corrected chi connectivity index (χ3v) is 3.97. The molecule has 0 aliphatic heterocycles. The van der Waals surface area contributed by atoms with Crippen molar-refractivity contribution >= 4 is 5.91 Å². The standard InChI is InChI=1S/C13H17NO3/c15-8-13(3-4-13)7-14-12(16)10-6-9(10)11-2-1-5-17-11/h1-2,5,9-10,15H,3-4,6-8H2,(H,14,16). The average Bonchev–Trinajstić information content (AvgIpc) is 3.26. The molecule has 1 heterocycles. The van der Waals surface area contributed by atoms with Crippen molar-refractivity contribution in [2.24, 2.45) is 11.3 Å². The number of amides is 1. The number of hydrogen-bond acceptors (Lipinski definition) is 3.